The van der Waals surface area contributed by atoms with Crippen LogP contribution in [0.15, 0.2) is 64.9 Å². The molecule has 1 aliphatic carbocycles. The molecule has 0 fully saturated rings. The molecule has 0 radical (unpaired) electrons. The Balaban J connectivity index is 1.47. The van der Waals surface area contributed by atoms with Gasteiger partial charge in [0, 0.05) is 23.4 Å². The second-order valence-electron chi connectivity index (χ2n) is 7.38. The molecule has 5 rings (SSSR count). The lowest BCUT2D eigenvalue weighted by atomic mass is 9.87. The summed E-state index contributed by atoms with van der Waals surface area (Å²) in [4.78, 5) is 20.7. The first-order chi connectivity index (χ1) is 14.5. The minimum atomic E-state index is -0.721. The van der Waals surface area contributed by atoms with Crippen molar-refractivity contribution in [3.63, 3.8) is 0 Å². The molecule has 6 nitrogen and oxygen atoms in total. The van der Waals surface area contributed by atoms with Crippen LogP contribution in [0.5, 0.6) is 0 Å². The van der Waals surface area contributed by atoms with Crippen molar-refractivity contribution in [3.8, 4) is 0 Å². The Labute approximate surface area is 170 Å². The molecule has 0 spiro atoms. The Morgan fingerprint density at radius 1 is 1.20 bits per heavy atom. The normalized spacial score (nSPS) is 20.0. The Bertz CT molecular complexity index is 1300. The predicted molar refractivity (Wildman–Crippen MR) is 110 cm³/mol. The summed E-state index contributed by atoms with van der Waals surface area (Å²) in [6.45, 7) is 1.67. The van der Waals surface area contributed by atoms with Crippen LogP contribution >= 0.6 is 0 Å². The summed E-state index contributed by atoms with van der Waals surface area (Å²) >= 11 is 0. The monoisotopic (exact) mass is 405 g/mol. The van der Waals surface area contributed by atoms with Crippen LogP contribution in [-0.4, -0.2) is 26.3 Å². The largest absolute Gasteiger partial charge is 0.302 e. The zero-order chi connectivity index (χ0) is 20.8. The van der Waals surface area contributed by atoms with E-state index >= 15 is 0 Å². The van der Waals surface area contributed by atoms with Gasteiger partial charge in [0.15, 0.2) is 5.52 Å². The zero-order valence-electron chi connectivity index (χ0n) is 16.0. The molecule has 150 valence electrons. The topological polar surface area (TPSA) is 72.2 Å². The first kappa shape index (κ1) is 18.4. The predicted octanol–water partition coefficient (Wildman–Crippen LogP) is 3.04. The number of rotatable bonds is 3. The van der Waals surface area contributed by atoms with Gasteiger partial charge in [-0.05, 0) is 42.3 Å². The number of hydrogen-bond donors (Lipinski definition) is 1. The summed E-state index contributed by atoms with van der Waals surface area (Å²) in [6, 6.07) is 5.88. The maximum Gasteiger partial charge on any atom is 0.280 e. The van der Waals surface area contributed by atoms with Gasteiger partial charge in [-0.2, -0.15) is 5.10 Å². The molecule has 1 N–H and O–H groups in total. The van der Waals surface area contributed by atoms with Gasteiger partial charge in [-0.1, -0.05) is 18.2 Å². The van der Waals surface area contributed by atoms with E-state index in [1.807, 2.05) is 25.2 Å². The molecule has 2 aliphatic rings. The minimum Gasteiger partial charge on any atom is -0.302 e. The van der Waals surface area contributed by atoms with Crippen molar-refractivity contribution in [2.75, 3.05) is 0 Å². The third-order valence-electron chi connectivity index (χ3n) is 5.49. The summed E-state index contributed by atoms with van der Waals surface area (Å²) in [5.74, 6) is -1.29. The Morgan fingerprint density at radius 2 is 2.00 bits per heavy atom. The van der Waals surface area contributed by atoms with Crippen LogP contribution in [-0.2, 0) is 6.54 Å². The van der Waals surface area contributed by atoms with Crippen LogP contribution in [0.25, 0.3) is 16.6 Å². The Morgan fingerprint density at radius 3 is 2.80 bits per heavy atom. The second-order valence-corrected chi connectivity index (χ2v) is 7.38. The summed E-state index contributed by atoms with van der Waals surface area (Å²) in [5, 5.41) is 4.21. The molecule has 3 aromatic rings. The van der Waals surface area contributed by atoms with E-state index in [-0.39, 0.29) is 29.6 Å². The Hall–Kier alpha value is -3.68. The van der Waals surface area contributed by atoms with Crippen LogP contribution < -0.4 is 11.0 Å². The molecular weight excluding hydrogens is 388 g/mol. The van der Waals surface area contributed by atoms with Crippen molar-refractivity contribution in [2.45, 2.75) is 19.5 Å². The molecular formula is C22H17F2N5O. The highest BCUT2D eigenvalue weighted by molar-refractivity contribution is 5.91. The SMILES string of the molecule is CC1=NNC2C=C(c3cc(F)c(Cn4cnc5cccnc5c4=O)c(F)c3)C=CC12. The average molecular weight is 405 g/mol. The summed E-state index contributed by atoms with van der Waals surface area (Å²) in [7, 11) is 0. The molecule has 30 heavy (non-hydrogen) atoms. The van der Waals surface area contributed by atoms with Gasteiger partial charge in [0.1, 0.15) is 11.6 Å². The van der Waals surface area contributed by atoms with Crippen molar-refractivity contribution >= 4 is 22.3 Å². The first-order valence-corrected chi connectivity index (χ1v) is 9.49. The van der Waals surface area contributed by atoms with Gasteiger partial charge < -0.3 is 5.43 Å². The molecule has 3 heterocycles. The van der Waals surface area contributed by atoms with Crippen LogP contribution in [0, 0.1) is 17.6 Å². The fourth-order valence-corrected chi connectivity index (χ4v) is 3.83. The van der Waals surface area contributed by atoms with Gasteiger partial charge in [0.05, 0.1) is 24.4 Å². The number of fused-ring (bicyclic) bond motifs is 2. The van der Waals surface area contributed by atoms with Gasteiger partial charge in [0.2, 0.25) is 0 Å². The Kier molecular flexibility index (Phi) is 4.27. The molecule has 2 aromatic heterocycles. The summed E-state index contributed by atoms with van der Waals surface area (Å²) in [5.41, 5.74) is 5.09. The van der Waals surface area contributed by atoms with Gasteiger partial charge >= 0.3 is 0 Å². The lowest BCUT2D eigenvalue weighted by Gasteiger charge is -2.19. The van der Waals surface area contributed by atoms with E-state index in [2.05, 4.69) is 20.5 Å². The lowest BCUT2D eigenvalue weighted by molar-refractivity contribution is 0.540. The first-order valence-electron chi connectivity index (χ1n) is 9.49. The fourth-order valence-electron chi connectivity index (χ4n) is 3.83. The van der Waals surface area contributed by atoms with Crippen molar-refractivity contribution in [2.24, 2.45) is 11.0 Å². The molecule has 0 saturated carbocycles. The highest BCUT2D eigenvalue weighted by Crippen LogP contribution is 2.29. The number of halogens is 2. The summed E-state index contributed by atoms with van der Waals surface area (Å²) < 4.78 is 30.8. The molecule has 0 amide bonds. The van der Waals surface area contributed by atoms with Crippen molar-refractivity contribution in [3.05, 3.63) is 88.1 Å². The maximum atomic E-state index is 14.8. The van der Waals surface area contributed by atoms with Crippen molar-refractivity contribution < 1.29 is 8.78 Å². The lowest BCUT2D eigenvalue weighted by Crippen LogP contribution is -2.27. The van der Waals surface area contributed by atoms with E-state index in [1.54, 1.807) is 12.1 Å². The van der Waals surface area contributed by atoms with Gasteiger partial charge in [-0.15, -0.1) is 0 Å². The van der Waals surface area contributed by atoms with Crippen LogP contribution in [0.2, 0.25) is 0 Å². The number of allylic oxidation sites excluding steroid dienone is 2. The molecule has 1 aliphatic heterocycles. The fraction of sp³-hybridized carbons (Fsp3) is 0.182. The van der Waals surface area contributed by atoms with E-state index in [0.29, 0.717) is 16.7 Å². The standard InChI is InChI=1S/C22H17F2N5O/c1-12-15-5-4-13(9-20(15)28-27-12)14-7-17(23)16(18(24)8-14)10-29-11-26-19-3-2-6-25-21(19)22(29)30/h2-9,11,15,20,28H,10H2,1H3. The van der Waals surface area contributed by atoms with Crippen molar-refractivity contribution in [1.82, 2.24) is 20.0 Å². The number of pyridine rings is 1. The molecule has 2 atom stereocenters. The molecule has 2 unspecified atom stereocenters. The quantitative estimate of drug-likeness (QED) is 0.727. The maximum absolute atomic E-state index is 14.8. The number of hydrogen-bond acceptors (Lipinski definition) is 5. The van der Waals surface area contributed by atoms with Crippen LogP contribution in [0.4, 0.5) is 8.78 Å². The third-order valence-corrected chi connectivity index (χ3v) is 5.49. The smallest absolute Gasteiger partial charge is 0.280 e. The molecule has 8 heteroatoms. The number of aromatic nitrogens is 3. The number of nitrogens with one attached hydrogen (secondary N) is 1. The van der Waals surface area contributed by atoms with E-state index < -0.39 is 17.2 Å². The van der Waals surface area contributed by atoms with E-state index in [4.69, 9.17) is 0 Å². The van der Waals surface area contributed by atoms with Crippen LogP contribution in [0.3, 0.4) is 0 Å². The van der Waals surface area contributed by atoms with Gasteiger partial charge in [-0.25, -0.2) is 18.7 Å². The molecule has 0 bridgehead atoms. The van der Waals surface area contributed by atoms with Crippen molar-refractivity contribution in [1.29, 1.82) is 0 Å². The van der Waals surface area contributed by atoms with Crippen LogP contribution in [0.1, 0.15) is 18.1 Å². The van der Waals surface area contributed by atoms with E-state index in [0.717, 1.165) is 10.3 Å². The number of hydrazone groups is 1. The third kappa shape index (κ3) is 3.01. The van der Waals surface area contributed by atoms with E-state index in [9.17, 15) is 13.6 Å². The number of nitrogens with zero attached hydrogens (tertiary/aromatic N) is 4. The number of benzene rings is 1. The zero-order valence-corrected chi connectivity index (χ0v) is 16.0. The highest BCUT2D eigenvalue weighted by Gasteiger charge is 2.28. The van der Waals surface area contributed by atoms with Gasteiger partial charge in [-0.3, -0.25) is 9.36 Å². The second kappa shape index (κ2) is 6.98. The average Bonchev–Trinajstić information content (AvgIpc) is 3.12. The summed E-state index contributed by atoms with van der Waals surface area (Å²) in [6.07, 6.45) is 8.51. The highest BCUT2D eigenvalue weighted by atomic mass is 19.1. The van der Waals surface area contributed by atoms with Gasteiger partial charge in [0.25, 0.3) is 5.56 Å². The molecule has 1 aromatic carbocycles. The molecule has 0 saturated heterocycles. The van der Waals surface area contributed by atoms with E-state index in [1.165, 1.54) is 24.7 Å². The minimum absolute atomic E-state index is 0.0226.